The van der Waals surface area contributed by atoms with E-state index in [2.05, 4.69) is 10.3 Å². The van der Waals surface area contributed by atoms with E-state index in [9.17, 15) is 4.79 Å². The van der Waals surface area contributed by atoms with Crippen molar-refractivity contribution in [3.8, 4) is 28.6 Å². The van der Waals surface area contributed by atoms with Crippen LogP contribution in [0.4, 0.5) is 0 Å². The minimum absolute atomic E-state index is 0.0593. The summed E-state index contributed by atoms with van der Waals surface area (Å²) < 4.78 is 19.0. The van der Waals surface area contributed by atoms with Crippen molar-refractivity contribution in [2.75, 3.05) is 20.8 Å². The van der Waals surface area contributed by atoms with E-state index in [1.807, 2.05) is 49.7 Å². The van der Waals surface area contributed by atoms with Crippen molar-refractivity contribution < 1.29 is 19.0 Å². The number of hydrogen-bond acceptors (Lipinski definition) is 6. The molecule has 1 N–H and O–H groups in total. The first-order valence-corrected chi connectivity index (χ1v) is 9.91. The molecule has 1 amide bonds. The molecule has 158 valence electrons. The smallest absolute Gasteiger partial charge is 0.241 e. The SMILES string of the molecule is COc1ccc(-c2cc3nc(C)n(C)c3c(OC(C)C3CNC(=O)C3)n2)cc1OC. The summed E-state index contributed by atoms with van der Waals surface area (Å²) in [5.41, 5.74) is 3.23. The van der Waals surface area contributed by atoms with E-state index in [1.165, 1.54) is 0 Å². The number of fused-ring (bicyclic) bond motifs is 1. The largest absolute Gasteiger partial charge is 0.493 e. The van der Waals surface area contributed by atoms with Crippen LogP contribution >= 0.6 is 0 Å². The lowest BCUT2D eigenvalue weighted by Gasteiger charge is -2.20. The van der Waals surface area contributed by atoms with Gasteiger partial charge in [-0.15, -0.1) is 0 Å². The molecule has 0 bridgehead atoms. The third-order valence-electron chi connectivity index (χ3n) is 5.69. The molecule has 3 heterocycles. The minimum atomic E-state index is -0.171. The molecule has 1 aliphatic rings. The van der Waals surface area contributed by atoms with Gasteiger partial charge in [0.1, 0.15) is 17.4 Å². The number of ether oxygens (including phenoxy) is 3. The van der Waals surface area contributed by atoms with Crippen LogP contribution in [0.5, 0.6) is 17.4 Å². The lowest BCUT2D eigenvalue weighted by Crippen LogP contribution is -2.26. The molecule has 1 aromatic carbocycles. The number of methoxy groups -OCH3 is 2. The molecule has 8 heteroatoms. The fourth-order valence-electron chi connectivity index (χ4n) is 3.77. The fourth-order valence-corrected chi connectivity index (χ4v) is 3.77. The van der Waals surface area contributed by atoms with E-state index in [4.69, 9.17) is 19.2 Å². The Morgan fingerprint density at radius 3 is 2.60 bits per heavy atom. The summed E-state index contributed by atoms with van der Waals surface area (Å²) in [6.45, 7) is 4.54. The van der Waals surface area contributed by atoms with Crippen LogP contribution in [-0.2, 0) is 11.8 Å². The molecule has 0 aliphatic carbocycles. The zero-order chi connectivity index (χ0) is 21.4. The highest BCUT2D eigenvalue weighted by Gasteiger charge is 2.29. The Hall–Kier alpha value is -3.29. The number of benzene rings is 1. The van der Waals surface area contributed by atoms with Gasteiger partial charge in [0.2, 0.25) is 11.8 Å². The Balaban J connectivity index is 1.78. The quantitative estimate of drug-likeness (QED) is 0.672. The molecule has 1 fully saturated rings. The summed E-state index contributed by atoms with van der Waals surface area (Å²) >= 11 is 0. The van der Waals surface area contributed by atoms with Gasteiger partial charge in [-0.2, -0.15) is 0 Å². The van der Waals surface area contributed by atoms with E-state index in [0.29, 0.717) is 30.3 Å². The average Bonchev–Trinajstić information content (AvgIpc) is 3.30. The second-order valence-corrected chi connectivity index (χ2v) is 7.56. The number of imidazole rings is 1. The van der Waals surface area contributed by atoms with E-state index >= 15 is 0 Å². The Labute approximate surface area is 175 Å². The summed E-state index contributed by atoms with van der Waals surface area (Å²) in [6, 6.07) is 7.61. The van der Waals surface area contributed by atoms with Gasteiger partial charge in [-0.3, -0.25) is 4.79 Å². The molecule has 2 aromatic heterocycles. The van der Waals surface area contributed by atoms with Crippen molar-refractivity contribution in [1.29, 1.82) is 0 Å². The number of aromatic nitrogens is 3. The van der Waals surface area contributed by atoms with Gasteiger partial charge in [-0.05, 0) is 38.1 Å². The number of rotatable bonds is 6. The maximum atomic E-state index is 11.6. The van der Waals surface area contributed by atoms with Crippen LogP contribution < -0.4 is 19.5 Å². The van der Waals surface area contributed by atoms with Crippen LogP contribution in [-0.4, -0.2) is 47.3 Å². The molecule has 2 atom stereocenters. The first-order valence-electron chi connectivity index (χ1n) is 9.91. The molecule has 0 saturated carbocycles. The second-order valence-electron chi connectivity index (χ2n) is 7.56. The van der Waals surface area contributed by atoms with Crippen molar-refractivity contribution in [2.45, 2.75) is 26.4 Å². The minimum Gasteiger partial charge on any atom is -0.493 e. The summed E-state index contributed by atoms with van der Waals surface area (Å²) in [7, 11) is 5.16. The van der Waals surface area contributed by atoms with Gasteiger partial charge in [0, 0.05) is 31.5 Å². The topological polar surface area (TPSA) is 87.5 Å². The van der Waals surface area contributed by atoms with E-state index < -0.39 is 0 Å². The molecule has 1 aliphatic heterocycles. The summed E-state index contributed by atoms with van der Waals surface area (Å²) in [5, 5.41) is 2.87. The predicted octanol–water partition coefficient (Wildman–Crippen LogP) is 2.86. The van der Waals surface area contributed by atoms with Crippen LogP contribution in [0.25, 0.3) is 22.3 Å². The first-order chi connectivity index (χ1) is 14.4. The Morgan fingerprint density at radius 1 is 1.17 bits per heavy atom. The van der Waals surface area contributed by atoms with Crippen molar-refractivity contribution in [3.63, 3.8) is 0 Å². The third kappa shape index (κ3) is 3.53. The molecule has 1 saturated heterocycles. The van der Waals surface area contributed by atoms with Crippen LogP contribution in [0.3, 0.4) is 0 Å². The van der Waals surface area contributed by atoms with Gasteiger partial charge in [0.15, 0.2) is 11.5 Å². The molecule has 3 aromatic rings. The highest BCUT2D eigenvalue weighted by atomic mass is 16.5. The molecule has 0 radical (unpaired) electrons. The van der Waals surface area contributed by atoms with E-state index in [-0.39, 0.29) is 17.9 Å². The molecule has 2 unspecified atom stereocenters. The van der Waals surface area contributed by atoms with E-state index in [0.717, 1.165) is 28.1 Å². The van der Waals surface area contributed by atoms with Crippen LogP contribution in [0, 0.1) is 12.8 Å². The summed E-state index contributed by atoms with van der Waals surface area (Å²) in [6.07, 6.45) is 0.292. The van der Waals surface area contributed by atoms with Crippen LogP contribution in [0.1, 0.15) is 19.2 Å². The van der Waals surface area contributed by atoms with Crippen LogP contribution in [0.15, 0.2) is 24.3 Å². The molecular weight excluding hydrogens is 384 g/mol. The number of nitrogens with zero attached hydrogens (tertiary/aromatic N) is 3. The van der Waals surface area contributed by atoms with Gasteiger partial charge < -0.3 is 24.1 Å². The van der Waals surface area contributed by atoms with Gasteiger partial charge in [-0.1, -0.05) is 0 Å². The summed E-state index contributed by atoms with van der Waals surface area (Å²) in [5.74, 6) is 2.82. The number of aryl methyl sites for hydroxylation is 2. The van der Waals surface area contributed by atoms with Gasteiger partial charge in [0.05, 0.1) is 25.4 Å². The zero-order valence-electron chi connectivity index (χ0n) is 17.9. The van der Waals surface area contributed by atoms with Gasteiger partial charge in [-0.25, -0.2) is 9.97 Å². The maximum Gasteiger partial charge on any atom is 0.241 e. The van der Waals surface area contributed by atoms with Crippen molar-refractivity contribution in [2.24, 2.45) is 13.0 Å². The number of carbonyl (C=O) groups excluding carboxylic acids is 1. The molecular formula is C22H26N4O4. The number of pyridine rings is 1. The Morgan fingerprint density at radius 2 is 1.93 bits per heavy atom. The Bertz CT molecular complexity index is 1110. The maximum absolute atomic E-state index is 11.6. The number of hydrogen-bond donors (Lipinski definition) is 1. The van der Waals surface area contributed by atoms with Gasteiger partial charge in [0.25, 0.3) is 0 Å². The van der Waals surface area contributed by atoms with Crippen LogP contribution in [0.2, 0.25) is 0 Å². The molecule has 30 heavy (non-hydrogen) atoms. The summed E-state index contributed by atoms with van der Waals surface area (Å²) in [4.78, 5) is 21.1. The second kappa shape index (κ2) is 7.85. The lowest BCUT2D eigenvalue weighted by molar-refractivity contribution is -0.119. The van der Waals surface area contributed by atoms with Crippen molar-refractivity contribution in [3.05, 3.63) is 30.1 Å². The monoisotopic (exact) mass is 410 g/mol. The lowest BCUT2D eigenvalue weighted by atomic mass is 10.0. The fraction of sp³-hybridized carbons (Fsp3) is 0.409. The van der Waals surface area contributed by atoms with Crippen molar-refractivity contribution >= 4 is 16.9 Å². The molecule has 4 rings (SSSR count). The van der Waals surface area contributed by atoms with Gasteiger partial charge >= 0.3 is 0 Å². The normalized spacial score (nSPS) is 17.1. The third-order valence-corrected chi connectivity index (χ3v) is 5.69. The standard InChI is InChI=1S/C22H26N4O4/c1-12(15-9-20(27)23-11-15)30-22-21-17(24-13(2)26(21)3)10-16(25-22)14-6-7-18(28-4)19(8-14)29-5/h6-8,10,12,15H,9,11H2,1-5H3,(H,23,27). The Kier molecular flexibility index (Phi) is 5.24. The number of nitrogens with one attached hydrogen (secondary N) is 1. The average molecular weight is 410 g/mol. The number of amides is 1. The zero-order valence-corrected chi connectivity index (χ0v) is 17.9. The number of carbonyl (C=O) groups is 1. The highest BCUT2D eigenvalue weighted by Crippen LogP contribution is 2.35. The van der Waals surface area contributed by atoms with E-state index in [1.54, 1.807) is 14.2 Å². The first kappa shape index (κ1) is 20.0. The molecule has 0 spiro atoms. The predicted molar refractivity (Wildman–Crippen MR) is 113 cm³/mol. The molecule has 8 nitrogen and oxygen atoms in total. The van der Waals surface area contributed by atoms with Crippen molar-refractivity contribution in [1.82, 2.24) is 19.9 Å². The highest BCUT2D eigenvalue weighted by molar-refractivity contribution is 5.85.